The Hall–Kier alpha value is -4.51. The highest BCUT2D eigenvalue weighted by molar-refractivity contribution is 6.30. The summed E-state index contributed by atoms with van der Waals surface area (Å²) in [6.45, 7) is 0. The first kappa shape index (κ1) is 27.5. The number of nitro groups is 1. The minimum atomic E-state index is -4.89. The number of non-ortho nitro benzene ring substituents is 1. The van der Waals surface area contributed by atoms with E-state index in [1.54, 1.807) is 30.3 Å². The molecule has 1 atom stereocenters. The van der Waals surface area contributed by atoms with Gasteiger partial charge < -0.3 is 10.1 Å². The number of amides is 1. The van der Waals surface area contributed by atoms with Gasteiger partial charge in [-0.2, -0.15) is 13.2 Å². The smallest absolute Gasteiger partial charge is 0.410 e. The van der Waals surface area contributed by atoms with Crippen LogP contribution in [-0.2, 0) is 18.1 Å². The number of hydrogen-bond donors (Lipinski definition) is 1. The van der Waals surface area contributed by atoms with Gasteiger partial charge in [0.05, 0.1) is 21.2 Å². The van der Waals surface area contributed by atoms with Gasteiger partial charge in [-0.25, -0.2) is 9.18 Å². The largest absolute Gasteiger partial charge is 0.416 e. The van der Waals surface area contributed by atoms with Gasteiger partial charge in [-0.15, -0.1) is 0 Å². The summed E-state index contributed by atoms with van der Waals surface area (Å²) in [5.74, 6) is -1.26. The molecule has 12 heteroatoms. The van der Waals surface area contributed by atoms with Crippen LogP contribution in [0.15, 0.2) is 91.1 Å². The van der Waals surface area contributed by atoms with Crippen molar-refractivity contribution in [3.8, 4) is 5.75 Å². The Balaban J connectivity index is 1.86. The van der Waals surface area contributed by atoms with Crippen molar-refractivity contribution in [2.75, 3.05) is 0 Å². The standard InChI is InChI=1S/C27H18ClF4N3O4/c28-20-6-11-24(33-16-20)26(15-17-4-2-1-3-5-17,18-12-19(27(30,31)32)14-21(29)13-18)34-25(36)39-23-9-7-22(8-10-23)35(37)38/h1-14,16H,15H2,(H,34,36). The fourth-order valence-corrected chi connectivity index (χ4v) is 4.11. The van der Waals surface area contributed by atoms with Crippen molar-refractivity contribution in [2.24, 2.45) is 0 Å². The number of nitro benzene ring substituents is 1. The van der Waals surface area contributed by atoms with E-state index in [-0.39, 0.29) is 34.1 Å². The highest BCUT2D eigenvalue weighted by atomic mass is 35.5. The van der Waals surface area contributed by atoms with Gasteiger partial charge >= 0.3 is 12.3 Å². The molecule has 4 rings (SSSR count). The van der Waals surface area contributed by atoms with E-state index >= 15 is 0 Å². The minimum Gasteiger partial charge on any atom is -0.410 e. The normalized spacial score (nSPS) is 12.8. The van der Waals surface area contributed by atoms with Crippen LogP contribution >= 0.6 is 11.6 Å². The Morgan fingerprint density at radius 3 is 2.23 bits per heavy atom. The van der Waals surface area contributed by atoms with Crippen LogP contribution in [-0.4, -0.2) is 16.0 Å². The zero-order valence-corrected chi connectivity index (χ0v) is 20.5. The zero-order valence-electron chi connectivity index (χ0n) is 19.8. The summed E-state index contributed by atoms with van der Waals surface area (Å²) in [5.41, 5.74) is -3.02. The molecule has 39 heavy (non-hydrogen) atoms. The number of aromatic nitrogens is 1. The number of ether oxygens (including phenoxy) is 1. The number of pyridine rings is 1. The highest BCUT2D eigenvalue weighted by Crippen LogP contribution is 2.38. The molecule has 1 aromatic heterocycles. The van der Waals surface area contributed by atoms with Gasteiger partial charge in [0.25, 0.3) is 5.69 Å². The maximum atomic E-state index is 14.7. The quantitative estimate of drug-likeness (QED) is 0.148. The molecule has 0 aliphatic heterocycles. The Bertz CT molecular complexity index is 1480. The van der Waals surface area contributed by atoms with E-state index < -0.39 is 34.1 Å². The van der Waals surface area contributed by atoms with Crippen LogP contribution in [0.2, 0.25) is 5.02 Å². The summed E-state index contributed by atoms with van der Waals surface area (Å²) in [7, 11) is 0. The Morgan fingerprint density at radius 1 is 0.974 bits per heavy atom. The average molecular weight is 560 g/mol. The summed E-state index contributed by atoms with van der Waals surface area (Å²) >= 11 is 6.00. The molecule has 200 valence electrons. The van der Waals surface area contributed by atoms with E-state index in [0.29, 0.717) is 11.6 Å². The molecule has 0 aliphatic rings. The van der Waals surface area contributed by atoms with E-state index in [9.17, 15) is 32.5 Å². The summed E-state index contributed by atoms with van der Waals surface area (Å²) in [5, 5.41) is 13.7. The number of carbonyl (C=O) groups excluding carboxylic acids is 1. The minimum absolute atomic E-state index is 0.0510. The number of benzene rings is 3. The van der Waals surface area contributed by atoms with Crippen molar-refractivity contribution in [3.05, 3.63) is 134 Å². The van der Waals surface area contributed by atoms with Crippen LogP contribution < -0.4 is 10.1 Å². The van der Waals surface area contributed by atoms with E-state index in [1.807, 2.05) is 0 Å². The summed E-state index contributed by atoms with van der Waals surface area (Å²) in [4.78, 5) is 27.7. The molecule has 1 unspecified atom stereocenters. The van der Waals surface area contributed by atoms with Crippen LogP contribution in [0.4, 0.5) is 28.0 Å². The van der Waals surface area contributed by atoms with Crippen molar-refractivity contribution in [1.29, 1.82) is 0 Å². The van der Waals surface area contributed by atoms with Crippen molar-refractivity contribution >= 4 is 23.4 Å². The van der Waals surface area contributed by atoms with Crippen LogP contribution in [0.1, 0.15) is 22.4 Å². The lowest BCUT2D eigenvalue weighted by molar-refractivity contribution is -0.384. The van der Waals surface area contributed by atoms with Crippen LogP contribution in [0.5, 0.6) is 5.75 Å². The van der Waals surface area contributed by atoms with Crippen molar-refractivity contribution < 1.29 is 32.0 Å². The van der Waals surface area contributed by atoms with E-state index in [0.717, 1.165) is 24.3 Å². The van der Waals surface area contributed by atoms with Gasteiger partial charge in [0, 0.05) is 24.8 Å². The van der Waals surface area contributed by atoms with Gasteiger partial charge in [-0.3, -0.25) is 15.1 Å². The van der Waals surface area contributed by atoms with Crippen LogP contribution in [0.3, 0.4) is 0 Å². The average Bonchev–Trinajstić information content (AvgIpc) is 2.88. The lowest BCUT2D eigenvalue weighted by atomic mass is 9.80. The second kappa shape index (κ2) is 11.1. The third-order valence-corrected chi connectivity index (χ3v) is 5.99. The molecule has 0 fully saturated rings. The monoisotopic (exact) mass is 559 g/mol. The SMILES string of the molecule is O=C(NC(Cc1ccccc1)(c1cc(F)cc(C(F)(F)F)c1)c1ccc(Cl)cn1)Oc1ccc([N+](=O)[O-])cc1. The lowest BCUT2D eigenvalue weighted by Gasteiger charge is -2.35. The van der Waals surface area contributed by atoms with Crippen LogP contribution in [0, 0.1) is 15.9 Å². The first-order chi connectivity index (χ1) is 18.5. The molecule has 4 aromatic rings. The highest BCUT2D eigenvalue weighted by Gasteiger charge is 2.41. The predicted molar refractivity (Wildman–Crippen MR) is 134 cm³/mol. The molecule has 1 N–H and O–H groups in total. The molecule has 7 nitrogen and oxygen atoms in total. The molecule has 0 aliphatic carbocycles. The first-order valence-electron chi connectivity index (χ1n) is 11.2. The summed E-state index contributed by atoms with van der Waals surface area (Å²) < 4.78 is 61.0. The topological polar surface area (TPSA) is 94.4 Å². The van der Waals surface area contributed by atoms with Gasteiger partial charge in [-0.1, -0.05) is 41.9 Å². The maximum absolute atomic E-state index is 14.7. The fraction of sp³-hybridized carbons (Fsp3) is 0.111. The Kier molecular flexibility index (Phi) is 7.82. The predicted octanol–water partition coefficient (Wildman–Crippen LogP) is 7.08. The third-order valence-electron chi connectivity index (χ3n) is 5.77. The summed E-state index contributed by atoms with van der Waals surface area (Å²) in [6, 6.07) is 17.8. The van der Waals surface area contributed by atoms with Crippen molar-refractivity contribution in [2.45, 2.75) is 18.1 Å². The zero-order chi connectivity index (χ0) is 28.2. The summed E-state index contributed by atoms with van der Waals surface area (Å²) in [6.07, 6.45) is -4.93. The number of carbonyl (C=O) groups is 1. The van der Waals surface area contributed by atoms with Gasteiger partial charge in [-0.05, 0) is 53.6 Å². The van der Waals surface area contributed by atoms with E-state index in [2.05, 4.69) is 10.3 Å². The van der Waals surface area contributed by atoms with E-state index in [1.165, 1.54) is 30.5 Å². The molecule has 0 spiro atoms. The lowest BCUT2D eigenvalue weighted by Crippen LogP contribution is -2.50. The molecule has 1 amide bonds. The molecule has 0 saturated heterocycles. The van der Waals surface area contributed by atoms with Crippen molar-refractivity contribution in [1.82, 2.24) is 10.3 Å². The van der Waals surface area contributed by atoms with Crippen LogP contribution in [0.25, 0.3) is 0 Å². The van der Waals surface area contributed by atoms with Crippen molar-refractivity contribution in [3.63, 3.8) is 0 Å². The molecule has 0 bridgehead atoms. The van der Waals surface area contributed by atoms with Gasteiger partial charge in [0.1, 0.15) is 17.1 Å². The number of nitrogens with zero attached hydrogens (tertiary/aromatic N) is 2. The van der Waals surface area contributed by atoms with Gasteiger partial charge in [0.15, 0.2) is 0 Å². The molecule has 0 radical (unpaired) electrons. The van der Waals surface area contributed by atoms with E-state index in [4.69, 9.17) is 16.3 Å². The molecular formula is C27H18ClF4N3O4. The Labute approximate surface area is 224 Å². The fourth-order valence-electron chi connectivity index (χ4n) is 3.99. The first-order valence-corrected chi connectivity index (χ1v) is 11.6. The Morgan fingerprint density at radius 2 is 1.64 bits per heavy atom. The molecule has 0 saturated carbocycles. The third kappa shape index (κ3) is 6.50. The number of hydrogen-bond acceptors (Lipinski definition) is 5. The number of nitrogens with one attached hydrogen (secondary N) is 1. The molecular weight excluding hydrogens is 542 g/mol. The number of halogens is 5. The second-order valence-electron chi connectivity index (χ2n) is 8.42. The second-order valence-corrected chi connectivity index (χ2v) is 8.86. The number of rotatable bonds is 7. The number of alkyl halides is 3. The van der Waals surface area contributed by atoms with Gasteiger partial charge in [0.2, 0.25) is 0 Å². The molecule has 3 aromatic carbocycles. The maximum Gasteiger partial charge on any atom is 0.416 e. The molecule has 1 heterocycles.